The molecule has 0 aliphatic heterocycles. The van der Waals surface area contributed by atoms with Gasteiger partial charge in [0.05, 0.1) is 5.60 Å². The van der Waals surface area contributed by atoms with Crippen molar-refractivity contribution in [3.05, 3.63) is 29.8 Å². The molecule has 3 heteroatoms. The monoisotopic (exact) mass is 264 g/mol. The fraction of sp³-hybridized carbons (Fsp3) is 0.625. The zero-order chi connectivity index (χ0) is 14.8. The van der Waals surface area contributed by atoms with Crippen molar-refractivity contribution < 1.29 is 11.6 Å². The van der Waals surface area contributed by atoms with E-state index < -0.39 is 11.5 Å². The molecule has 1 fully saturated rings. The molecule has 1 unspecified atom stereocenters. The quantitative estimate of drug-likeness (QED) is 0.879. The molecule has 1 aromatic rings. The number of nitrogens with zero attached hydrogens (tertiary/aromatic N) is 1. The minimum absolute atomic E-state index is 0.191. The first-order chi connectivity index (χ1) is 9.37. The zero-order valence-electron chi connectivity index (χ0n) is 12.9. The lowest BCUT2D eigenvalue weighted by molar-refractivity contribution is -0.0277. The highest BCUT2D eigenvalue weighted by Gasteiger charge is 2.38. The van der Waals surface area contributed by atoms with Crippen molar-refractivity contribution in [3.63, 3.8) is 0 Å². The Morgan fingerprint density at radius 1 is 1.21 bits per heavy atom. The van der Waals surface area contributed by atoms with Crippen LogP contribution in [0.4, 0.5) is 0 Å². The molecular weight excluding hydrogens is 238 g/mol. The number of rotatable bonds is 4. The van der Waals surface area contributed by atoms with Crippen molar-refractivity contribution in [3.8, 4) is 5.75 Å². The van der Waals surface area contributed by atoms with Gasteiger partial charge in [-0.2, -0.15) is 0 Å². The van der Waals surface area contributed by atoms with E-state index in [0.29, 0.717) is 19.4 Å². The first-order valence-electron chi connectivity index (χ1n) is 7.54. The van der Waals surface area contributed by atoms with Crippen LogP contribution in [-0.2, 0) is 0 Å². The summed E-state index contributed by atoms with van der Waals surface area (Å²) >= 11 is 0. The van der Waals surface area contributed by atoms with Crippen molar-refractivity contribution in [1.82, 2.24) is 4.90 Å². The maximum Gasteiger partial charge on any atom is 0.115 e. The highest BCUT2D eigenvalue weighted by molar-refractivity contribution is 5.30. The summed E-state index contributed by atoms with van der Waals surface area (Å²) in [6.07, 6.45) is 4.43. The number of hydrogen-bond donors (Lipinski definition) is 2. The average molecular weight is 264 g/mol. The van der Waals surface area contributed by atoms with Crippen LogP contribution in [0.25, 0.3) is 0 Å². The normalized spacial score (nSPS) is 22.8. The van der Waals surface area contributed by atoms with Gasteiger partial charge >= 0.3 is 0 Å². The van der Waals surface area contributed by atoms with Crippen LogP contribution in [0.5, 0.6) is 5.75 Å². The predicted molar refractivity (Wildman–Crippen MR) is 77.4 cm³/mol. The molecule has 1 saturated carbocycles. The first-order valence-corrected chi connectivity index (χ1v) is 7.04. The van der Waals surface area contributed by atoms with Gasteiger partial charge in [0.25, 0.3) is 0 Å². The lowest BCUT2D eigenvalue weighted by atomic mass is 9.72. The highest BCUT2D eigenvalue weighted by atomic mass is 16.3. The van der Waals surface area contributed by atoms with E-state index in [1.807, 2.05) is 19.0 Å². The van der Waals surface area contributed by atoms with Gasteiger partial charge in [0, 0.05) is 13.8 Å². The molecule has 1 aromatic carbocycles. The van der Waals surface area contributed by atoms with E-state index in [2.05, 4.69) is 0 Å². The number of phenols is 1. The lowest BCUT2D eigenvalue weighted by Crippen LogP contribution is -2.42. The van der Waals surface area contributed by atoms with Gasteiger partial charge in [-0.05, 0) is 44.6 Å². The largest absolute Gasteiger partial charge is 0.508 e. The van der Waals surface area contributed by atoms with Crippen LogP contribution in [0.3, 0.4) is 0 Å². The van der Waals surface area contributed by atoms with Crippen LogP contribution in [0, 0.1) is 0 Å². The van der Waals surface area contributed by atoms with E-state index in [4.69, 9.17) is 1.37 Å². The fourth-order valence-corrected chi connectivity index (χ4v) is 2.92. The SMILES string of the molecule is [2H]C(CN(C)C)(c1ccc(O)cc1)C1(O)CCCCC1. The number of benzene rings is 1. The second-order valence-electron chi connectivity index (χ2n) is 5.86. The molecule has 2 N–H and O–H groups in total. The van der Waals surface area contributed by atoms with Crippen molar-refractivity contribution in [2.45, 2.75) is 43.6 Å². The molecule has 106 valence electrons. The van der Waals surface area contributed by atoms with E-state index >= 15 is 0 Å². The molecule has 0 aromatic heterocycles. The van der Waals surface area contributed by atoms with Crippen LogP contribution >= 0.6 is 0 Å². The molecule has 1 aliphatic carbocycles. The van der Waals surface area contributed by atoms with Crippen molar-refractivity contribution >= 4 is 0 Å². The van der Waals surface area contributed by atoms with Gasteiger partial charge in [-0.3, -0.25) is 0 Å². The van der Waals surface area contributed by atoms with Crippen LogP contribution in [0.1, 0.15) is 44.9 Å². The Kier molecular flexibility index (Phi) is 4.04. The zero-order valence-corrected chi connectivity index (χ0v) is 11.9. The van der Waals surface area contributed by atoms with E-state index in [1.54, 1.807) is 24.3 Å². The number of aliphatic hydroxyl groups is 1. The smallest absolute Gasteiger partial charge is 0.115 e. The van der Waals surface area contributed by atoms with Gasteiger partial charge in [0.1, 0.15) is 5.75 Å². The van der Waals surface area contributed by atoms with E-state index in [-0.39, 0.29) is 5.75 Å². The molecule has 0 heterocycles. The standard InChI is InChI=1S/C16H25NO2/c1-17(2)12-15(13-6-8-14(18)9-7-13)16(19)10-4-3-5-11-16/h6-9,15,18-19H,3-5,10-12H2,1-2H3/i15D. The fourth-order valence-electron chi connectivity index (χ4n) is 2.92. The highest BCUT2D eigenvalue weighted by Crippen LogP contribution is 2.40. The summed E-state index contributed by atoms with van der Waals surface area (Å²) in [6, 6.07) is 6.72. The molecule has 19 heavy (non-hydrogen) atoms. The maximum absolute atomic E-state index is 11.1. The predicted octanol–water partition coefficient (Wildman–Crippen LogP) is 2.73. The maximum atomic E-state index is 11.1. The van der Waals surface area contributed by atoms with Crippen LogP contribution in [0.15, 0.2) is 24.3 Å². The molecule has 0 spiro atoms. The number of likely N-dealkylation sites (N-methyl/N-ethyl adjacent to an activating group) is 1. The van der Waals surface area contributed by atoms with Gasteiger partial charge in [0.15, 0.2) is 0 Å². The van der Waals surface area contributed by atoms with Crippen molar-refractivity contribution in [1.29, 1.82) is 0 Å². The molecule has 0 bridgehead atoms. The molecule has 2 rings (SSSR count). The average Bonchev–Trinajstić information content (AvgIpc) is 2.39. The number of aromatic hydroxyl groups is 1. The van der Waals surface area contributed by atoms with Gasteiger partial charge < -0.3 is 15.1 Å². The topological polar surface area (TPSA) is 43.7 Å². The Morgan fingerprint density at radius 3 is 2.32 bits per heavy atom. The van der Waals surface area contributed by atoms with Crippen molar-refractivity contribution in [2.75, 3.05) is 20.6 Å². The Hall–Kier alpha value is -1.06. The second-order valence-corrected chi connectivity index (χ2v) is 5.86. The third-order valence-electron chi connectivity index (χ3n) is 3.93. The molecular formula is C16H25NO2. The van der Waals surface area contributed by atoms with E-state index in [1.165, 1.54) is 0 Å². The summed E-state index contributed by atoms with van der Waals surface area (Å²) < 4.78 is 8.98. The lowest BCUT2D eigenvalue weighted by Gasteiger charge is -2.40. The number of hydrogen-bond acceptors (Lipinski definition) is 3. The van der Waals surface area contributed by atoms with Gasteiger partial charge in [-0.1, -0.05) is 31.4 Å². The Bertz CT molecular complexity index is 440. The summed E-state index contributed by atoms with van der Waals surface area (Å²) in [5, 5.41) is 20.5. The Labute approximate surface area is 117 Å². The van der Waals surface area contributed by atoms with E-state index in [9.17, 15) is 10.2 Å². The Morgan fingerprint density at radius 2 is 1.79 bits per heavy atom. The van der Waals surface area contributed by atoms with Crippen molar-refractivity contribution in [2.24, 2.45) is 0 Å². The summed E-state index contributed by atoms with van der Waals surface area (Å²) in [7, 11) is 3.85. The van der Waals surface area contributed by atoms with Crippen LogP contribution in [-0.4, -0.2) is 41.4 Å². The van der Waals surface area contributed by atoms with Gasteiger partial charge in [-0.15, -0.1) is 0 Å². The second kappa shape index (κ2) is 5.93. The molecule has 0 radical (unpaired) electrons. The van der Waals surface area contributed by atoms with Crippen LogP contribution < -0.4 is 0 Å². The third kappa shape index (κ3) is 3.48. The molecule has 3 nitrogen and oxygen atoms in total. The number of phenolic OH excluding ortho intramolecular Hbond substituents is 1. The molecule has 1 atom stereocenters. The van der Waals surface area contributed by atoms with E-state index in [0.717, 1.165) is 24.8 Å². The molecule has 0 amide bonds. The molecule has 0 saturated heterocycles. The summed E-state index contributed by atoms with van der Waals surface area (Å²) in [5.74, 6) is -0.874. The van der Waals surface area contributed by atoms with Crippen LogP contribution in [0.2, 0.25) is 0 Å². The first kappa shape index (κ1) is 12.9. The summed E-state index contributed by atoms with van der Waals surface area (Å²) in [6.45, 7) is 0.467. The summed E-state index contributed by atoms with van der Waals surface area (Å²) in [5.41, 5.74) is -0.222. The van der Waals surface area contributed by atoms with Gasteiger partial charge in [-0.25, -0.2) is 0 Å². The Balaban J connectivity index is 2.41. The molecule has 1 aliphatic rings. The third-order valence-corrected chi connectivity index (χ3v) is 3.93. The van der Waals surface area contributed by atoms with Gasteiger partial charge in [0.2, 0.25) is 0 Å². The minimum atomic E-state index is -1.06. The minimum Gasteiger partial charge on any atom is -0.508 e. The summed E-state index contributed by atoms with van der Waals surface area (Å²) in [4.78, 5) is 1.95.